The molecule has 0 aromatic heterocycles. The fourth-order valence-corrected chi connectivity index (χ4v) is 1.51. The van der Waals surface area contributed by atoms with Crippen molar-refractivity contribution in [1.29, 1.82) is 0 Å². The summed E-state index contributed by atoms with van der Waals surface area (Å²) in [5.41, 5.74) is 1.37. The van der Waals surface area contributed by atoms with Gasteiger partial charge >= 0.3 is 0 Å². The molecule has 0 bridgehead atoms. The van der Waals surface area contributed by atoms with Crippen LogP contribution < -0.4 is 4.52 Å². The molecule has 0 N–H and O–H groups in total. The molecule has 0 spiro atoms. The van der Waals surface area contributed by atoms with Crippen molar-refractivity contribution < 1.29 is 9.09 Å². The Morgan fingerprint density at radius 1 is 1.25 bits per heavy atom. The van der Waals surface area contributed by atoms with Gasteiger partial charge in [-0.15, -0.1) is 0 Å². The maximum Gasteiger partial charge on any atom is 0.253 e. The summed E-state index contributed by atoms with van der Waals surface area (Å²) >= 11 is 0. The lowest BCUT2D eigenvalue weighted by Crippen LogP contribution is -1.79. The van der Waals surface area contributed by atoms with E-state index < -0.39 is 8.69 Å². The SMILES string of the molecule is O=[PH]Oc1ccc(C2CC2)cc1. The zero-order chi connectivity index (χ0) is 8.39. The Morgan fingerprint density at radius 3 is 2.42 bits per heavy atom. The Bertz CT molecular complexity index is 277. The van der Waals surface area contributed by atoms with Gasteiger partial charge in [0.05, 0.1) is 0 Å². The second-order valence-electron chi connectivity index (χ2n) is 3.03. The van der Waals surface area contributed by atoms with Crippen LogP contribution in [0.5, 0.6) is 5.75 Å². The molecule has 63 valence electrons. The van der Waals surface area contributed by atoms with Gasteiger partial charge in [-0.25, -0.2) is 4.57 Å². The highest BCUT2D eigenvalue weighted by Crippen LogP contribution is 2.40. The molecule has 1 radical (unpaired) electrons. The molecule has 1 unspecified atom stereocenters. The first-order chi connectivity index (χ1) is 5.90. The average Bonchev–Trinajstić information content (AvgIpc) is 2.89. The van der Waals surface area contributed by atoms with E-state index >= 15 is 0 Å². The lowest BCUT2D eigenvalue weighted by molar-refractivity contribution is 0.525. The van der Waals surface area contributed by atoms with Crippen LogP contribution in [0.4, 0.5) is 0 Å². The van der Waals surface area contributed by atoms with Gasteiger partial charge in [0.25, 0.3) is 8.69 Å². The van der Waals surface area contributed by atoms with Crippen molar-refractivity contribution in [3.8, 4) is 5.75 Å². The summed E-state index contributed by atoms with van der Waals surface area (Å²) in [5, 5.41) is 0. The minimum atomic E-state index is -0.708. The Morgan fingerprint density at radius 2 is 1.92 bits per heavy atom. The van der Waals surface area contributed by atoms with Crippen molar-refractivity contribution >= 4 is 8.69 Å². The van der Waals surface area contributed by atoms with E-state index in [1.54, 1.807) is 0 Å². The number of hydrogen-bond donors (Lipinski definition) is 0. The molecular formula is C9H10O2P. The highest BCUT2D eigenvalue weighted by atomic mass is 31.1. The van der Waals surface area contributed by atoms with Gasteiger partial charge in [0, 0.05) is 0 Å². The van der Waals surface area contributed by atoms with E-state index in [1.165, 1.54) is 18.4 Å². The first kappa shape index (κ1) is 7.75. The Balaban J connectivity index is 2.12. The molecule has 1 atom stereocenters. The maximum absolute atomic E-state index is 10.1. The van der Waals surface area contributed by atoms with Crippen LogP contribution in [0, 0.1) is 0 Å². The summed E-state index contributed by atoms with van der Waals surface area (Å²) in [7, 11) is -0.708. The van der Waals surface area contributed by atoms with Gasteiger partial charge in [-0.2, -0.15) is 0 Å². The van der Waals surface area contributed by atoms with E-state index in [2.05, 4.69) is 0 Å². The van der Waals surface area contributed by atoms with Crippen LogP contribution >= 0.6 is 8.69 Å². The van der Waals surface area contributed by atoms with Crippen molar-refractivity contribution in [2.45, 2.75) is 18.8 Å². The van der Waals surface area contributed by atoms with Crippen LogP contribution in [0.25, 0.3) is 0 Å². The molecule has 0 heterocycles. The first-order valence-corrected chi connectivity index (χ1v) is 4.86. The van der Waals surface area contributed by atoms with Gasteiger partial charge in [-0.3, -0.25) is 0 Å². The normalized spacial score (nSPS) is 16.3. The summed E-state index contributed by atoms with van der Waals surface area (Å²) in [6, 6.07) is 7.84. The maximum atomic E-state index is 10.1. The van der Waals surface area contributed by atoms with Crippen molar-refractivity contribution in [2.24, 2.45) is 0 Å². The highest BCUT2D eigenvalue weighted by Gasteiger charge is 2.22. The third-order valence-corrected chi connectivity index (χ3v) is 2.41. The van der Waals surface area contributed by atoms with Crippen LogP contribution in [0.15, 0.2) is 24.3 Å². The van der Waals surface area contributed by atoms with E-state index in [4.69, 9.17) is 4.52 Å². The van der Waals surface area contributed by atoms with E-state index in [-0.39, 0.29) is 0 Å². The fraction of sp³-hybridized carbons (Fsp3) is 0.333. The molecule has 0 saturated heterocycles. The lowest BCUT2D eigenvalue weighted by Gasteiger charge is -1.99. The number of benzene rings is 1. The molecular weight excluding hydrogens is 171 g/mol. The van der Waals surface area contributed by atoms with Crippen LogP contribution in [0.2, 0.25) is 0 Å². The minimum Gasteiger partial charge on any atom is -0.419 e. The predicted molar refractivity (Wildman–Crippen MR) is 48.0 cm³/mol. The van der Waals surface area contributed by atoms with E-state index in [9.17, 15) is 4.57 Å². The predicted octanol–water partition coefficient (Wildman–Crippen LogP) is 2.88. The zero-order valence-electron chi connectivity index (χ0n) is 6.62. The molecule has 1 saturated carbocycles. The minimum absolute atomic E-state index is 0.688. The molecule has 2 rings (SSSR count). The molecule has 0 amide bonds. The molecule has 12 heavy (non-hydrogen) atoms. The van der Waals surface area contributed by atoms with E-state index in [0.29, 0.717) is 5.75 Å². The van der Waals surface area contributed by atoms with Gasteiger partial charge in [0.2, 0.25) is 0 Å². The Hall–Kier alpha value is -0.880. The quantitative estimate of drug-likeness (QED) is 0.670. The van der Waals surface area contributed by atoms with Gasteiger partial charge < -0.3 is 4.52 Å². The van der Waals surface area contributed by atoms with Crippen LogP contribution in [0.3, 0.4) is 0 Å². The van der Waals surface area contributed by atoms with Crippen LogP contribution in [-0.2, 0) is 4.57 Å². The average molecular weight is 181 g/mol. The first-order valence-electron chi connectivity index (χ1n) is 4.04. The monoisotopic (exact) mass is 181 g/mol. The van der Waals surface area contributed by atoms with Gasteiger partial charge in [0.1, 0.15) is 5.75 Å². The number of hydrogen-bond acceptors (Lipinski definition) is 2. The fourth-order valence-electron chi connectivity index (χ4n) is 1.27. The van der Waals surface area contributed by atoms with E-state index in [1.807, 2.05) is 24.3 Å². The Kier molecular flexibility index (Phi) is 2.09. The molecule has 1 aromatic carbocycles. The summed E-state index contributed by atoms with van der Waals surface area (Å²) < 4.78 is 15.0. The third kappa shape index (κ3) is 1.64. The molecule has 1 fully saturated rings. The van der Waals surface area contributed by atoms with Gasteiger partial charge in [-0.05, 0) is 36.5 Å². The standard InChI is InChI=1S/C9H10O2P/c10-12-11-9-5-3-8(4-6-9)7-1-2-7/h3-7,12H,1-2H2. The van der Waals surface area contributed by atoms with Crippen LogP contribution in [0.1, 0.15) is 24.3 Å². The topological polar surface area (TPSA) is 26.3 Å². The van der Waals surface area contributed by atoms with Crippen molar-refractivity contribution in [2.75, 3.05) is 0 Å². The van der Waals surface area contributed by atoms with Crippen LogP contribution in [-0.4, -0.2) is 0 Å². The van der Waals surface area contributed by atoms with Gasteiger partial charge in [0.15, 0.2) is 0 Å². The van der Waals surface area contributed by atoms with Crippen molar-refractivity contribution in [1.82, 2.24) is 0 Å². The molecule has 1 aromatic rings. The second-order valence-corrected chi connectivity index (χ2v) is 3.40. The molecule has 1 aliphatic carbocycles. The molecule has 3 heteroatoms. The zero-order valence-corrected chi connectivity index (χ0v) is 7.62. The molecule has 2 nitrogen and oxygen atoms in total. The highest BCUT2D eigenvalue weighted by molar-refractivity contribution is 7.17. The summed E-state index contributed by atoms with van der Waals surface area (Å²) in [4.78, 5) is 0. The lowest BCUT2D eigenvalue weighted by atomic mass is 10.1. The van der Waals surface area contributed by atoms with Crippen molar-refractivity contribution in [3.05, 3.63) is 29.8 Å². The molecule has 0 aliphatic heterocycles. The summed E-state index contributed by atoms with van der Waals surface area (Å²) in [6.07, 6.45) is 2.62. The van der Waals surface area contributed by atoms with Gasteiger partial charge in [-0.1, -0.05) is 12.1 Å². The van der Waals surface area contributed by atoms with Crippen molar-refractivity contribution in [3.63, 3.8) is 0 Å². The number of rotatable bonds is 3. The smallest absolute Gasteiger partial charge is 0.253 e. The summed E-state index contributed by atoms with van der Waals surface area (Å²) in [5.74, 6) is 1.46. The Labute approximate surface area is 72.8 Å². The second kappa shape index (κ2) is 3.24. The van der Waals surface area contributed by atoms with E-state index in [0.717, 1.165) is 5.92 Å². The molecule has 1 aliphatic rings. The largest absolute Gasteiger partial charge is 0.419 e. The summed E-state index contributed by atoms with van der Waals surface area (Å²) in [6.45, 7) is 0. The third-order valence-electron chi connectivity index (χ3n) is 2.09.